The Balaban J connectivity index is 2.63. The molecule has 1 fully saturated rings. The van der Waals surface area contributed by atoms with Crippen molar-refractivity contribution in [2.75, 3.05) is 6.54 Å². The molecule has 0 spiro atoms. The summed E-state index contributed by atoms with van der Waals surface area (Å²) in [6.45, 7) is 5.69. The predicted octanol–water partition coefficient (Wildman–Crippen LogP) is 0.871. The topological polar surface area (TPSA) is 72.6 Å². The Bertz CT molecular complexity index is 270. The van der Waals surface area contributed by atoms with E-state index in [0.29, 0.717) is 13.0 Å². The summed E-state index contributed by atoms with van der Waals surface area (Å²) in [5, 5.41) is 0. The molecule has 0 bridgehead atoms. The van der Waals surface area contributed by atoms with Crippen LogP contribution in [-0.2, 0) is 9.53 Å². The fourth-order valence-corrected chi connectivity index (χ4v) is 1.40. The fraction of sp³-hybridized carbons (Fsp3) is 0.800. The van der Waals surface area contributed by atoms with Crippen molar-refractivity contribution in [3.8, 4) is 0 Å². The van der Waals surface area contributed by atoms with E-state index in [9.17, 15) is 9.59 Å². The quantitative estimate of drug-likeness (QED) is 0.649. The molecular formula is C10H18N2O3. The molecule has 0 saturated carbocycles. The summed E-state index contributed by atoms with van der Waals surface area (Å²) >= 11 is 0. The summed E-state index contributed by atoms with van der Waals surface area (Å²) in [5.74, 6) is -0.337. The van der Waals surface area contributed by atoms with Crippen molar-refractivity contribution in [3.05, 3.63) is 0 Å². The molecule has 2 N–H and O–H groups in total. The third kappa shape index (κ3) is 3.20. The minimum absolute atomic E-state index is 0.337. The maximum atomic E-state index is 11.6. The van der Waals surface area contributed by atoms with E-state index in [-0.39, 0.29) is 5.91 Å². The molecule has 1 atom stereocenters. The number of likely N-dealkylation sites (tertiary alicyclic amines) is 1. The SMILES string of the molecule is CC(C)(C)OC(=O)N1CCCC(N)C1=O. The van der Waals surface area contributed by atoms with Crippen molar-refractivity contribution >= 4 is 12.0 Å². The van der Waals surface area contributed by atoms with Crippen LogP contribution in [0, 0.1) is 0 Å². The smallest absolute Gasteiger partial charge is 0.417 e. The molecule has 0 aromatic carbocycles. The molecule has 1 rings (SSSR count). The van der Waals surface area contributed by atoms with Crippen LogP contribution in [-0.4, -0.2) is 35.1 Å². The van der Waals surface area contributed by atoms with E-state index >= 15 is 0 Å². The number of nitrogens with two attached hydrogens (primary N) is 1. The standard InChI is InChI=1S/C10H18N2O3/c1-10(2,3)15-9(14)12-6-4-5-7(11)8(12)13/h7H,4-6,11H2,1-3H3. The van der Waals surface area contributed by atoms with Crippen LogP contribution in [0.5, 0.6) is 0 Å². The van der Waals surface area contributed by atoms with Gasteiger partial charge in [0.05, 0.1) is 6.04 Å². The van der Waals surface area contributed by atoms with Gasteiger partial charge < -0.3 is 10.5 Å². The number of imide groups is 1. The third-order valence-corrected chi connectivity index (χ3v) is 2.09. The van der Waals surface area contributed by atoms with Crippen molar-refractivity contribution in [3.63, 3.8) is 0 Å². The molecule has 86 valence electrons. The molecule has 15 heavy (non-hydrogen) atoms. The second-order valence-corrected chi connectivity index (χ2v) is 4.72. The van der Waals surface area contributed by atoms with E-state index in [1.54, 1.807) is 20.8 Å². The van der Waals surface area contributed by atoms with Gasteiger partial charge in [-0.25, -0.2) is 9.69 Å². The Morgan fingerprint density at radius 1 is 1.53 bits per heavy atom. The number of hydrogen-bond acceptors (Lipinski definition) is 4. The van der Waals surface area contributed by atoms with Gasteiger partial charge in [-0.15, -0.1) is 0 Å². The lowest BCUT2D eigenvalue weighted by Gasteiger charge is -2.30. The number of rotatable bonds is 0. The van der Waals surface area contributed by atoms with E-state index in [1.165, 1.54) is 0 Å². The highest BCUT2D eigenvalue weighted by atomic mass is 16.6. The van der Waals surface area contributed by atoms with E-state index in [1.807, 2.05) is 0 Å². The van der Waals surface area contributed by atoms with Gasteiger partial charge in [-0.05, 0) is 33.6 Å². The van der Waals surface area contributed by atoms with Crippen LogP contribution in [0.2, 0.25) is 0 Å². The largest absolute Gasteiger partial charge is 0.443 e. The van der Waals surface area contributed by atoms with Crippen LogP contribution in [0.4, 0.5) is 4.79 Å². The molecule has 0 aromatic rings. The molecular weight excluding hydrogens is 196 g/mol. The van der Waals surface area contributed by atoms with E-state index in [0.717, 1.165) is 11.3 Å². The zero-order valence-electron chi connectivity index (χ0n) is 9.45. The normalized spacial score (nSPS) is 22.8. The molecule has 0 aromatic heterocycles. The van der Waals surface area contributed by atoms with Crippen molar-refractivity contribution in [2.24, 2.45) is 5.73 Å². The Labute approximate surface area is 89.6 Å². The molecule has 1 aliphatic rings. The summed E-state index contributed by atoms with van der Waals surface area (Å²) in [6.07, 6.45) is 0.784. The number of amides is 2. The lowest BCUT2D eigenvalue weighted by Crippen LogP contribution is -2.52. The highest BCUT2D eigenvalue weighted by Crippen LogP contribution is 2.15. The van der Waals surface area contributed by atoms with Crippen molar-refractivity contribution in [1.29, 1.82) is 0 Å². The summed E-state index contributed by atoms with van der Waals surface area (Å²) in [4.78, 5) is 24.2. The van der Waals surface area contributed by atoms with Gasteiger partial charge in [0.2, 0.25) is 5.91 Å². The number of ether oxygens (including phenoxy) is 1. The molecule has 1 aliphatic heterocycles. The zero-order valence-corrected chi connectivity index (χ0v) is 9.45. The highest BCUT2D eigenvalue weighted by Gasteiger charge is 2.33. The zero-order chi connectivity index (χ0) is 11.6. The molecule has 1 saturated heterocycles. The average molecular weight is 214 g/mol. The summed E-state index contributed by atoms with van der Waals surface area (Å²) in [5.41, 5.74) is 4.99. The van der Waals surface area contributed by atoms with Crippen LogP contribution in [0.15, 0.2) is 0 Å². The Hall–Kier alpha value is -1.10. The van der Waals surface area contributed by atoms with Crippen molar-refractivity contribution < 1.29 is 14.3 Å². The Kier molecular flexibility index (Phi) is 3.34. The maximum absolute atomic E-state index is 11.6. The van der Waals surface area contributed by atoms with Crippen LogP contribution in [0.25, 0.3) is 0 Å². The second-order valence-electron chi connectivity index (χ2n) is 4.72. The fourth-order valence-electron chi connectivity index (χ4n) is 1.40. The first-order chi connectivity index (χ1) is 6.81. The first kappa shape index (κ1) is 12.0. The maximum Gasteiger partial charge on any atom is 0.417 e. The first-order valence-corrected chi connectivity index (χ1v) is 5.11. The Morgan fingerprint density at radius 2 is 2.13 bits per heavy atom. The van der Waals surface area contributed by atoms with Gasteiger partial charge in [-0.1, -0.05) is 0 Å². The number of carbonyl (C=O) groups excluding carboxylic acids is 2. The molecule has 2 amide bonds. The number of hydrogen-bond donors (Lipinski definition) is 1. The third-order valence-electron chi connectivity index (χ3n) is 2.09. The first-order valence-electron chi connectivity index (χ1n) is 5.11. The van der Waals surface area contributed by atoms with E-state index < -0.39 is 17.7 Å². The van der Waals surface area contributed by atoms with Crippen LogP contribution in [0.1, 0.15) is 33.6 Å². The van der Waals surface area contributed by atoms with Crippen LogP contribution < -0.4 is 5.73 Å². The summed E-state index contributed by atoms with van der Waals surface area (Å²) in [7, 11) is 0. The van der Waals surface area contributed by atoms with Crippen molar-refractivity contribution in [1.82, 2.24) is 4.90 Å². The minimum Gasteiger partial charge on any atom is -0.443 e. The molecule has 5 heteroatoms. The molecule has 0 radical (unpaired) electrons. The Morgan fingerprint density at radius 3 is 2.67 bits per heavy atom. The molecule has 5 nitrogen and oxygen atoms in total. The monoisotopic (exact) mass is 214 g/mol. The van der Waals surface area contributed by atoms with Crippen LogP contribution in [0.3, 0.4) is 0 Å². The average Bonchev–Trinajstić information content (AvgIpc) is 2.06. The van der Waals surface area contributed by atoms with E-state index in [4.69, 9.17) is 10.5 Å². The lowest BCUT2D eigenvalue weighted by atomic mass is 10.1. The van der Waals surface area contributed by atoms with Gasteiger partial charge in [0.25, 0.3) is 0 Å². The van der Waals surface area contributed by atoms with Gasteiger partial charge in [0, 0.05) is 6.54 Å². The van der Waals surface area contributed by atoms with Gasteiger partial charge in [0.15, 0.2) is 0 Å². The number of piperidine rings is 1. The van der Waals surface area contributed by atoms with Crippen LogP contribution >= 0.6 is 0 Å². The van der Waals surface area contributed by atoms with Gasteiger partial charge in [0.1, 0.15) is 5.60 Å². The number of nitrogens with zero attached hydrogens (tertiary/aromatic N) is 1. The van der Waals surface area contributed by atoms with Crippen molar-refractivity contribution in [2.45, 2.75) is 45.3 Å². The summed E-state index contributed by atoms with van der Waals surface area (Å²) in [6, 6.07) is -0.564. The highest BCUT2D eigenvalue weighted by molar-refractivity contribution is 5.95. The summed E-state index contributed by atoms with van der Waals surface area (Å²) < 4.78 is 5.11. The predicted molar refractivity (Wildman–Crippen MR) is 55.2 cm³/mol. The number of carbonyl (C=O) groups is 2. The van der Waals surface area contributed by atoms with Gasteiger partial charge >= 0.3 is 6.09 Å². The second kappa shape index (κ2) is 4.18. The lowest BCUT2D eigenvalue weighted by molar-refractivity contribution is -0.133. The molecule has 1 heterocycles. The molecule has 1 unspecified atom stereocenters. The minimum atomic E-state index is -0.595. The van der Waals surface area contributed by atoms with E-state index in [2.05, 4.69) is 0 Å². The van der Waals surface area contributed by atoms with Gasteiger partial charge in [-0.3, -0.25) is 4.79 Å². The van der Waals surface area contributed by atoms with Gasteiger partial charge in [-0.2, -0.15) is 0 Å². The molecule has 0 aliphatic carbocycles.